The Morgan fingerprint density at radius 3 is 2.63 bits per heavy atom. The van der Waals surface area contributed by atoms with Gasteiger partial charge in [0.1, 0.15) is 5.82 Å². The molecule has 0 aromatic carbocycles. The topological polar surface area (TPSA) is 37.8 Å². The van der Waals surface area contributed by atoms with E-state index in [1.165, 1.54) is 44.9 Å². The summed E-state index contributed by atoms with van der Waals surface area (Å²) in [6.45, 7) is 3.22. The number of hydrogen-bond acceptors (Lipinski definition) is 3. The first-order valence-electron chi connectivity index (χ1n) is 7.90. The Balaban J connectivity index is 1.58. The van der Waals surface area contributed by atoms with Gasteiger partial charge in [-0.2, -0.15) is 0 Å². The molecular weight excluding hydrogens is 234 g/mol. The summed E-state index contributed by atoms with van der Waals surface area (Å²) in [4.78, 5) is 9.29. The molecule has 2 aliphatic carbocycles. The maximum Gasteiger partial charge on any atom is 0.131 e. The molecule has 19 heavy (non-hydrogen) atoms. The van der Waals surface area contributed by atoms with Crippen molar-refractivity contribution in [1.29, 1.82) is 0 Å². The van der Waals surface area contributed by atoms with Crippen LogP contribution in [0.15, 0.2) is 12.3 Å². The second-order valence-electron chi connectivity index (χ2n) is 6.19. The van der Waals surface area contributed by atoms with E-state index >= 15 is 0 Å². The molecule has 0 amide bonds. The zero-order valence-corrected chi connectivity index (χ0v) is 11.9. The van der Waals surface area contributed by atoms with Gasteiger partial charge in [0, 0.05) is 24.7 Å². The van der Waals surface area contributed by atoms with Gasteiger partial charge in [0.05, 0.1) is 5.69 Å². The molecule has 2 aliphatic rings. The molecule has 3 heteroatoms. The van der Waals surface area contributed by atoms with Gasteiger partial charge in [0.15, 0.2) is 0 Å². The summed E-state index contributed by atoms with van der Waals surface area (Å²) in [5.74, 6) is 2.63. The van der Waals surface area contributed by atoms with Crippen LogP contribution in [0.2, 0.25) is 0 Å². The summed E-state index contributed by atoms with van der Waals surface area (Å²) >= 11 is 0. The van der Waals surface area contributed by atoms with Gasteiger partial charge in [0.25, 0.3) is 0 Å². The molecule has 1 heterocycles. The first-order chi connectivity index (χ1) is 9.35. The number of hydrogen-bond donors (Lipinski definition) is 1. The maximum atomic E-state index is 4.77. The van der Waals surface area contributed by atoms with Gasteiger partial charge in [-0.1, -0.05) is 13.3 Å². The third-order valence-electron chi connectivity index (χ3n) is 4.67. The molecule has 1 aromatic rings. The van der Waals surface area contributed by atoms with Crippen molar-refractivity contribution in [2.24, 2.45) is 5.92 Å². The zero-order chi connectivity index (χ0) is 13.1. The average Bonchev–Trinajstić information content (AvgIpc) is 3.30. The SMILES string of the molecule is CCC1CCC(c2nccc(CNC3CC3)n2)CC1. The van der Waals surface area contributed by atoms with Gasteiger partial charge < -0.3 is 5.32 Å². The first kappa shape index (κ1) is 13.0. The molecular formula is C16H25N3. The normalized spacial score (nSPS) is 27.4. The predicted molar refractivity (Wildman–Crippen MR) is 76.9 cm³/mol. The van der Waals surface area contributed by atoms with E-state index in [1.54, 1.807) is 0 Å². The number of nitrogens with zero attached hydrogens (tertiary/aromatic N) is 2. The summed E-state index contributed by atoms with van der Waals surface area (Å²) in [7, 11) is 0. The molecule has 0 aliphatic heterocycles. The first-order valence-corrected chi connectivity index (χ1v) is 7.90. The Bertz CT molecular complexity index is 406. The van der Waals surface area contributed by atoms with Crippen molar-refractivity contribution in [3.8, 4) is 0 Å². The molecule has 1 N–H and O–H groups in total. The smallest absolute Gasteiger partial charge is 0.131 e. The number of nitrogens with one attached hydrogen (secondary N) is 1. The largest absolute Gasteiger partial charge is 0.308 e. The van der Waals surface area contributed by atoms with Crippen LogP contribution in [-0.4, -0.2) is 16.0 Å². The lowest BCUT2D eigenvalue weighted by molar-refractivity contribution is 0.311. The van der Waals surface area contributed by atoms with E-state index in [1.807, 2.05) is 6.20 Å². The molecule has 2 saturated carbocycles. The van der Waals surface area contributed by atoms with Gasteiger partial charge in [-0.15, -0.1) is 0 Å². The summed E-state index contributed by atoms with van der Waals surface area (Å²) in [5.41, 5.74) is 1.16. The third kappa shape index (κ3) is 3.53. The predicted octanol–water partition coefficient (Wildman–Crippen LogP) is 3.41. The van der Waals surface area contributed by atoms with E-state index in [4.69, 9.17) is 4.98 Å². The van der Waals surface area contributed by atoms with Crippen LogP contribution in [0.25, 0.3) is 0 Å². The summed E-state index contributed by atoms with van der Waals surface area (Å²) < 4.78 is 0. The van der Waals surface area contributed by atoms with Gasteiger partial charge in [-0.05, 0) is 50.5 Å². The maximum absolute atomic E-state index is 4.77. The van der Waals surface area contributed by atoms with Crippen LogP contribution in [0.3, 0.4) is 0 Å². The van der Waals surface area contributed by atoms with Crippen molar-refractivity contribution < 1.29 is 0 Å². The molecule has 0 bridgehead atoms. The lowest BCUT2D eigenvalue weighted by atomic mass is 9.80. The van der Waals surface area contributed by atoms with E-state index in [9.17, 15) is 0 Å². The van der Waals surface area contributed by atoms with Gasteiger partial charge in [-0.3, -0.25) is 0 Å². The lowest BCUT2D eigenvalue weighted by Gasteiger charge is -2.26. The van der Waals surface area contributed by atoms with Crippen LogP contribution in [0.4, 0.5) is 0 Å². The van der Waals surface area contributed by atoms with E-state index in [0.29, 0.717) is 5.92 Å². The second-order valence-corrected chi connectivity index (χ2v) is 6.19. The highest BCUT2D eigenvalue weighted by Gasteiger charge is 2.24. The fourth-order valence-electron chi connectivity index (χ4n) is 3.07. The van der Waals surface area contributed by atoms with Crippen molar-refractivity contribution in [2.75, 3.05) is 0 Å². The van der Waals surface area contributed by atoms with Crippen molar-refractivity contribution in [1.82, 2.24) is 15.3 Å². The lowest BCUT2D eigenvalue weighted by Crippen LogP contribution is -2.19. The molecule has 0 radical (unpaired) electrons. The Kier molecular flexibility index (Phi) is 4.12. The van der Waals surface area contributed by atoms with Crippen LogP contribution < -0.4 is 5.32 Å². The average molecular weight is 259 g/mol. The molecule has 0 saturated heterocycles. The Hall–Kier alpha value is -0.960. The van der Waals surface area contributed by atoms with Gasteiger partial charge in [-0.25, -0.2) is 9.97 Å². The molecule has 3 nitrogen and oxygen atoms in total. The van der Waals surface area contributed by atoms with E-state index < -0.39 is 0 Å². The summed E-state index contributed by atoms with van der Waals surface area (Å²) in [6.07, 6.45) is 11.2. The third-order valence-corrected chi connectivity index (χ3v) is 4.67. The van der Waals surface area contributed by atoms with Crippen molar-refractivity contribution in [3.05, 3.63) is 23.8 Å². The Morgan fingerprint density at radius 1 is 1.16 bits per heavy atom. The minimum absolute atomic E-state index is 0.601. The zero-order valence-electron chi connectivity index (χ0n) is 11.9. The van der Waals surface area contributed by atoms with Gasteiger partial charge in [0.2, 0.25) is 0 Å². The number of aromatic nitrogens is 2. The molecule has 0 atom stereocenters. The second kappa shape index (κ2) is 6.00. The highest BCUT2D eigenvalue weighted by Crippen LogP contribution is 2.35. The summed E-state index contributed by atoms with van der Waals surface area (Å²) in [6, 6.07) is 2.80. The van der Waals surface area contributed by atoms with Crippen LogP contribution in [0.5, 0.6) is 0 Å². The van der Waals surface area contributed by atoms with Crippen molar-refractivity contribution in [2.45, 2.75) is 70.4 Å². The molecule has 3 rings (SSSR count). The summed E-state index contributed by atoms with van der Waals surface area (Å²) in [5, 5.41) is 3.53. The van der Waals surface area contributed by atoms with E-state index in [-0.39, 0.29) is 0 Å². The van der Waals surface area contributed by atoms with Crippen molar-refractivity contribution in [3.63, 3.8) is 0 Å². The molecule has 104 valence electrons. The quantitative estimate of drug-likeness (QED) is 0.880. The molecule has 0 spiro atoms. The monoisotopic (exact) mass is 259 g/mol. The van der Waals surface area contributed by atoms with Crippen LogP contribution in [-0.2, 0) is 6.54 Å². The highest BCUT2D eigenvalue weighted by molar-refractivity contribution is 5.07. The van der Waals surface area contributed by atoms with Crippen molar-refractivity contribution >= 4 is 0 Å². The molecule has 0 unspecified atom stereocenters. The standard InChI is InChI=1S/C16H25N3/c1-2-12-3-5-13(6-4-12)16-17-10-9-15(19-16)11-18-14-7-8-14/h9-10,12-14,18H,2-8,11H2,1H3. The van der Waals surface area contributed by atoms with E-state index in [0.717, 1.165) is 30.0 Å². The fourth-order valence-corrected chi connectivity index (χ4v) is 3.07. The highest BCUT2D eigenvalue weighted by atomic mass is 15.0. The fraction of sp³-hybridized carbons (Fsp3) is 0.750. The Morgan fingerprint density at radius 2 is 1.95 bits per heavy atom. The van der Waals surface area contributed by atoms with Crippen LogP contribution in [0, 0.1) is 5.92 Å². The van der Waals surface area contributed by atoms with E-state index in [2.05, 4.69) is 23.3 Å². The van der Waals surface area contributed by atoms with Gasteiger partial charge >= 0.3 is 0 Å². The minimum Gasteiger partial charge on any atom is -0.308 e. The molecule has 1 aromatic heterocycles. The Labute approximate surface area is 116 Å². The number of rotatable bonds is 5. The minimum atomic E-state index is 0.601. The van der Waals surface area contributed by atoms with Crippen LogP contribution in [0.1, 0.15) is 69.3 Å². The molecule has 2 fully saturated rings. The van der Waals surface area contributed by atoms with Crippen LogP contribution >= 0.6 is 0 Å².